The van der Waals surface area contributed by atoms with Crippen LogP contribution in [0.25, 0.3) is 0 Å². The zero-order chi connectivity index (χ0) is 14.9. The number of aryl methyl sites for hydroxylation is 1. The first kappa shape index (κ1) is 15.3. The van der Waals surface area contributed by atoms with Gasteiger partial charge in [-0.1, -0.05) is 6.07 Å². The molecule has 2 rings (SSSR count). The largest absolute Gasteiger partial charge is 0.395 e. The van der Waals surface area contributed by atoms with Crippen LogP contribution in [0, 0.1) is 0 Å². The Morgan fingerprint density at radius 3 is 2.80 bits per heavy atom. The lowest BCUT2D eigenvalue weighted by molar-refractivity contribution is 0.214. The van der Waals surface area contributed by atoms with Gasteiger partial charge in [-0.05, 0) is 37.5 Å². The van der Waals surface area contributed by atoms with Gasteiger partial charge in [0, 0.05) is 32.4 Å². The second kappa shape index (κ2) is 5.71. The number of aliphatic hydroxyl groups excluding tert-OH is 1. The van der Waals surface area contributed by atoms with Gasteiger partial charge in [-0.3, -0.25) is 0 Å². The zero-order valence-corrected chi connectivity index (χ0v) is 13.0. The number of rotatable bonds is 4. The van der Waals surface area contributed by atoms with Crippen molar-refractivity contribution in [2.75, 3.05) is 32.1 Å². The molecule has 0 amide bonds. The lowest BCUT2D eigenvalue weighted by atomic mass is 10.0. The van der Waals surface area contributed by atoms with E-state index in [1.54, 1.807) is 19.1 Å². The molecular weight excluding hydrogens is 276 g/mol. The molecule has 0 aliphatic carbocycles. The van der Waals surface area contributed by atoms with Crippen molar-refractivity contribution >= 4 is 15.7 Å². The smallest absolute Gasteiger partial charge is 0.243 e. The van der Waals surface area contributed by atoms with Gasteiger partial charge in [-0.15, -0.1) is 0 Å². The molecule has 1 aliphatic heterocycles. The number of likely N-dealkylation sites (N-methyl/N-ethyl adjacent to an activating group) is 1. The molecule has 0 spiro atoms. The third kappa shape index (κ3) is 2.68. The predicted octanol–water partition coefficient (Wildman–Crippen LogP) is 1.07. The summed E-state index contributed by atoms with van der Waals surface area (Å²) < 4.78 is 26.3. The van der Waals surface area contributed by atoms with Crippen molar-refractivity contribution in [3.63, 3.8) is 0 Å². The highest BCUT2D eigenvalue weighted by Gasteiger charge is 2.26. The highest BCUT2D eigenvalue weighted by molar-refractivity contribution is 7.89. The number of benzene rings is 1. The summed E-state index contributed by atoms with van der Waals surface area (Å²) >= 11 is 0. The Hall–Kier alpha value is -1.11. The Morgan fingerprint density at radius 1 is 1.45 bits per heavy atom. The zero-order valence-electron chi connectivity index (χ0n) is 12.2. The first-order valence-electron chi connectivity index (χ1n) is 6.81. The molecule has 1 heterocycles. The van der Waals surface area contributed by atoms with E-state index in [0.717, 1.165) is 25.1 Å². The maximum Gasteiger partial charge on any atom is 0.243 e. The van der Waals surface area contributed by atoms with Gasteiger partial charge in [-0.25, -0.2) is 8.42 Å². The Balaban J connectivity index is 2.41. The maximum absolute atomic E-state index is 12.5. The molecule has 0 aromatic heterocycles. The molecule has 0 saturated carbocycles. The van der Waals surface area contributed by atoms with Crippen LogP contribution in [0.5, 0.6) is 0 Å². The average molecular weight is 298 g/mol. The summed E-state index contributed by atoms with van der Waals surface area (Å²) in [5.41, 5.74) is 2.18. The van der Waals surface area contributed by atoms with Gasteiger partial charge in [0.25, 0.3) is 0 Å². The van der Waals surface area contributed by atoms with Gasteiger partial charge in [0.05, 0.1) is 11.5 Å². The number of nitrogens with zero attached hydrogens (tertiary/aromatic N) is 2. The number of hydrogen-bond donors (Lipinski definition) is 1. The minimum Gasteiger partial charge on any atom is -0.395 e. The number of fused-ring (bicyclic) bond motifs is 1. The summed E-state index contributed by atoms with van der Waals surface area (Å²) in [6, 6.07) is 4.86. The second-order valence-electron chi connectivity index (χ2n) is 5.37. The molecule has 0 fully saturated rings. The Morgan fingerprint density at radius 2 is 2.15 bits per heavy atom. The summed E-state index contributed by atoms with van der Waals surface area (Å²) in [6.07, 6.45) is 2.08. The third-order valence-electron chi connectivity index (χ3n) is 3.97. The molecule has 1 atom stereocenters. The molecule has 5 nitrogen and oxygen atoms in total. The fourth-order valence-corrected chi connectivity index (χ4v) is 3.79. The molecule has 1 aromatic rings. The SMILES string of the molecule is CC(CO)N(C)S(=O)(=O)c1ccc2c(c1)N(C)CCC2. The van der Waals surface area contributed by atoms with Crippen molar-refractivity contribution in [2.24, 2.45) is 0 Å². The minimum atomic E-state index is -3.56. The van der Waals surface area contributed by atoms with Gasteiger partial charge in [0.15, 0.2) is 0 Å². The Kier molecular flexibility index (Phi) is 4.36. The van der Waals surface area contributed by atoms with Crippen LogP contribution >= 0.6 is 0 Å². The summed E-state index contributed by atoms with van der Waals surface area (Å²) in [7, 11) is -0.0806. The summed E-state index contributed by atoms with van der Waals surface area (Å²) in [6.45, 7) is 2.43. The van der Waals surface area contributed by atoms with Crippen molar-refractivity contribution in [2.45, 2.75) is 30.7 Å². The fraction of sp³-hybridized carbons (Fsp3) is 0.571. The number of anilines is 1. The monoisotopic (exact) mass is 298 g/mol. The lowest BCUT2D eigenvalue weighted by Gasteiger charge is -2.29. The highest BCUT2D eigenvalue weighted by Crippen LogP contribution is 2.29. The maximum atomic E-state index is 12.5. The van der Waals surface area contributed by atoms with Crippen LogP contribution in [0.1, 0.15) is 18.9 Å². The first-order valence-corrected chi connectivity index (χ1v) is 8.25. The van der Waals surface area contributed by atoms with Gasteiger partial charge < -0.3 is 10.0 Å². The molecule has 1 unspecified atom stereocenters. The van der Waals surface area contributed by atoms with E-state index in [-0.39, 0.29) is 11.5 Å². The van der Waals surface area contributed by atoms with Crippen molar-refractivity contribution in [3.05, 3.63) is 23.8 Å². The van der Waals surface area contributed by atoms with Crippen LogP contribution < -0.4 is 4.90 Å². The van der Waals surface area contributed by atoms with Crippen LogP contribution in [0.15, 0.2) is 23.1 Å². The van der Waals surface area contributed by atoms with E-state index in [0.29, 0.717) is 0 Å². The predicted molar refractivity (Wildman–Crippen MR) is 79.5 cm³/mol. The molecule has 0 bridgehead atoms. The van der Waals surface area contributed by atoms with E-state index in [4.69, 9.17) is 5.11 Å². The van der Waals surface area contributed by atoms with E-state index >= 15 is 0 Å². The molecule has 1 aromatic carbocycles. The lowest BCUT2D eigenvalue weighted by Crippen LogP contribution is -2.37. The molecule has 0 saturated heterocycles. The molecule has 112 valence electrons. The molecule has 1 aliphatic rings. The Labute approximate surface area is 120 Å². The van der Waals surface area contributed by atoms with Gasteiger partial charge >= 0.3 is 0 Å². The topological polar surface area (TPSA) is 60.9 Å². The third-order valence-corrected chi connectivity index (χ3v) is 5.94. The summed E-state index contributed by atoms with van der Waals surface area (Å²) in [5, 5.41) is 9.14. The standard InChI is InChI=1S/C14H22N2O3S/c1-11(10-17)16(3)20(18,19)13-7-6-12-5-4-8-15(2)14(12)9-13/h6-7,9,11,17H,4-5,8,10H2,1-3H3. The molecule has 6 heteroatoms. The summed E-state index contributed by atoms with van der Waals surface area (Å²) in [5.74, 6) is 0. The number of sulfonamides is 1. The second-order valence-corrected chi connectivity index (χ2v) is 7.37. The van der Waals surface area contributed by atoms with Crippen LogP contribution in [0.2, 0.25) is 0 Å². The Bertz CT molecular complexity index is 586. The molecule has 1 N–H and O–H groups in total. The molecular formula is C14H22N2O3S. The van der Waals surface area contributed by atoms with E-state index in [2.05, 4.69) is 4.90 Å². The van der Waals surface area contributed by atoms with Crippen LogP contribution in [-0.4, -0.2) is 51.1 Å². The number of aliphatic hydroxyl groups is 1. The number of hydrogen-bond acceptors (Lipinski definition) is 4. The van der Waals surface area contributed by atoms with Crippen LogP contribution in [0.4, 0.5) is 5.69 Å². The minimum absolute atomic E-state index is 0.194. The van der Waals surface area contributed by atoms with Crippen molar-refractivity contribution in [3.8, 4) is 0 Å². The molecule has 20 heavy (non-hydrogen) atoms. The van der Waals surface area contributed by atoms with Crippen molar-refractivity contribution in [1.29, 1.82) is 0 Å². The van der Waals surface area contributed by atoms with Gasteiger partial charge in [0.1, 0.15) is 0 Å². The fourth-order valence-electron chi connectivity index (χ4n) is 2.42. The van der Waals surface area contributed by atoms with Gasteiger partial charge in [0.2, 0.25) is 10.0 Å². The molecule has 0 radical (unpaired) electrons. The highest BCUT2D eigenvalue weighted by atomic mass is 32.2. The van der Waals surface area contributed by atoms with E-state index in [9.17, 15) is 8.42 Å². The van der Waals surface area contributed by atoms with E-state index in [1.807, 2.05) is 13.1 Å². The van der Waals surface area contributed by atoms with E-state index in [1.165, 1.54) is 16.9 Å². The van der Waals surface area contributed by atoms with E-state index < -0.39 is 16.1 Å². The van der Waals surface area contributed by atoms with Crippen molar-refractivity contribution < 1.29 is 13.5 Å². The van der Waals surface area contributed by atoms with Crippen LogP contribution in [-0.2, 0) is 16.4 Å². The first-order chi connectivity index (χ1) is 9.37. The normalized spacial score (nSPS) is 17.1. The van der Waals surface area contributed by atoms with Gasteiger partial charge in [-0.2, -0.15) is 4.31 Å². The van der Waals surface area contributed by atoms with Crippen LogP contribution in [0.3, 0.4) is 0 Å². The van der Waals surface area contributed by atoms with Crippen molar-refractivity contribution in [1.82, 2.24) is 4.31 Å². The average Bonchev–Trinajstić information content (AvgIpc) is 2.45. The quantitative estimate of drug-likeness (QED) is 0.903. The summed E-state index contributed by atoms with van der Waals surface area (Å²) in [4.78, 5) is 2.38.